The number of nitrogens with one attached hydrogen (secondary N) is 1. The van der Waals surface area contributed by atoms with Crippen LogP contribution in [0.15, 0.2) is 29.9 Å². The molecule has 0 radical (unpaired) electrons. The molecule has 1 aliphatic rings. The third-order valence-electron chi connectivity index (χ3n) is 3.30. The highest BCUT2D eigenvalue weighted by Gasteiger charge is 2.35. The van der Waals surface area contributed by atoms with Gasteiger partial charge in [0, 0.05) is 18.9 Å². The van der Waals surface area contributed by atoms with Gasteiger partial charge in [-0.1, -0.05) is 0 Å². The second-order valence-electron chi connectivity index (χ2n) is 4.68. The summed E-state index contributed by atoms with van der Waals surface area (Å²) in [4.78, 5) is 14.4. The largest absolute Gasteiger partial charge is 0.477 e. The molecule has 118 valence electrons. The predicted octanol–water partition coefficient (Wildman–Crippen LogP) is 0.0503. The van der Waals surface area contributed by atoms with E-state index < -0.39 is 10.0 Å². The highest BCUT2D eigenvalue weighted by Crippen LogP contribution is 2.26. The first-order valence-corrected chi connectivity index (χ1v) is 8.05. The molecule has 1 aliphatic heterocycles. The first kappa shape index (κ1) is 14.7. The lowest BCUT2D eigenvalue weighted by atomic mass is 10.3. The quantitative estimate of drug-likeness (QED) is 0.827. The fraction of sp³-hybridized carbons (Fsp3) is 0.417. The molecular formula is C12H15N5O4S. The third kappa shape index (κ3) is 2.74. The Morgan fingerprint density at radius 2 is 2.09 bits per heavy atom. The Morgan fingerprint density at radius 3 is 2.77 bits per heavy atom. The van der Waals surface area contributed by atoms with E-state index in [9.17, 15) is 8.42 Å². The number of ether oxygens (including phenoxy) is 2. The number of hydrogen-bond donors (Lipinski definition) is 1. The predicted molar refractivity (Wildman–Crippen MR) is 75.0 cm³/mol. The Hall–Kier alpha value is -2.20. The molecule has 0 bridgehead atoms. The molecule has 9 nitrogen and oxygen atoms in total. The van der Waals surface area contributed by atoms with Gasteiger partial charge < -0.3 is 14.5 Å². The molecule has 0 amide bonds. The van der Waals surface area contributed by atoms with Crippen molar-refractivity contribution < 1.29 is 17.9 Å². The fourth-order valence-electron chi connectivity index (χ4n) is 2.23. The number of H-pyrrole nitrogens is 1. The summed E-state index contributed by atoms with van der Waals surface area (Å²) in [5.41, 5.74) is 0. The second kappa shape index (κ2) is 5.89. The average Bonchev–Trinajstić information content (AvgIpc) is 3.20. The van der Waals surface area contributed by atoms with Gasteiger partial charge in [-0.15, -0.1) is 0 Å². The fourth-order valence-corrected chi connectivity index (χ4v) is 3.61. The van der Waals surface area contributed by atoms with E-state index >= 15 is 0 Å². The Labute approximate surface area is 127 Å². The summed E-state index contributed by atoms with van der Waals surface area (Å²) in [6.45, 7) is 0.607. The van der Waals surface area contributed by atoms with E-state index in [1.54, 1.807) is 0 Å². The number of hydrogen-bond acceptors (Lipinski definition) is 7. The number of rotatable bonds is 5. The van der Waals surface area contributed by atoms with Crippen LogP contribution in [0.5, 0.6) is 11.8 Å². The number of sulfonamides is 1. The van der Waals surface area contributed by atoms with Gasteiger partial charge in [-0.25, -0.2) is 23.4 Å². The lowest BCUT2D eigenvalue weighted by molar-refractivity contribution is 0.194. The Morgan fingerprint density at radius 1 is 1.32 bits per heavy atom. The molecule has 1 fully saturated rings. The summed E-state index contributed by atoms with van der Waals surface area (Å²) in [6, 6.07) is 0. The van der Waals surface area contributed by atoms with Crippen molar-refractivity contribution in [2.75, 3.05) is 20.2 Å². The average molecular weight is 325 g/mol. The lowest BCUT2D eigenvalue weighted by Gasteiger charge is -2.16. The summed E-state index contributed by atoms with van der Waals surface area (Å²) < 4.78 is 36.9. The zero-order chi connectivity index (χ0) is 15.6. The summed E-state index contributed by atoms with van der Waals surface area (Å²) >= 11 is 0. The van der Waals surface area contributed by atoms with E-state index in [-0.39, 0.29) is 29.4 Å². The zero-order valence-electron chi connectivity index (χ0n) is 11.8. The number of methoxy groups -OCH3 is 1. The summed E-state index contributed by atoms with van der Waals surface area (Å²) in [7, 11) is -2.10. The van der Waals surface area contributed by atoms with E-state index in [2.05, 4.69) is 19.9 Å². The van der Waals surface area contributed by atoms with Gasteiger partial charge in [-0.05, 0) is 6.42 Å². The number of aromatic amines is 1. The zero-order valence-corrected chi connectivity index (χ0v) is 12.7. The Balaban J connectivity index is 1.70. The van der Waals surface area contributed by atoms with Crippen LogP contribution in [0, 0.1) is 0 Å². The van der Waals surface area contributed by atoms with Crippen molar-refractivity contribution in [3.63, 3.8) is 0 Å². The first-order chi connectivity index (χ1) is 10.6. The topological polar surface area (TPSA) is 110 Å². The first-order valence-electron chi connectivity index (χ1n) is 6.61. The van der Waals surface area contributed by atoms with Gasteiger partial charge in [0.2, 0.25) is 0 Å². The lowest BCUT2D eigenvalue weighted by Crippen LogP contribution is -2.31. The number of imidazole rings is 1. The molecule has 2 aromatic heterocycles. The molecule has 1 atom stereocenters. The van der Waals surface area contributed by atoms with Crippen molar-refractivity contribution in [3.05, 3.63) is 24.9 Å². The standard InChI is InChI=1S/C12H15N5O4S/c1-20-11-12(15-4-3-14-11)21-9-2-5-17(7-9)22(18,19)10-6-13-8-16-10/h3-4,6,8-9H,2,5,7H2,1H3,(H,13,16). The molecule has 0 aromatic carbocycles. The minimum atomic E-state index is -3.57. The molecule has 1 saturated heterocycles. The number of aromatic nitrogens is 4. The minimum absolute atomic E-state index is 0.0743. The third-order valence-corrected chi connectivity index (χ3v) is 5.09. The van der Waals surface area contributed by atoms with Crippen molar-refractivity contribution in [1.29, 1.82) is 0 Å². The molecule has 2 aromatic rings. The van der Waals surface area contributed by atoms with Gasteiger partial charge in [0.15, 0.2) is 5.03 Å². The Kier molecular flexibility index (Phi) is 3.94. The van der Waals surface area contributed by atoms with Crippen LogP contribution in [0.1, 0.15) is 6.42 Å². The van der Waals surface area contributed by atoms with E-state index in [1.165, 1.54) is 36.3 Å². The van der Waals surface area contributed by atoms with E-state index in [4.69, 9.17) is 9.47 Å². The maximum Gasteiger partial charge on any atom is 0.278 e. The molecular weight excluding hydrogens is 310 g/mol. The molecule has 0 saturated carbocycles. The van der Waals surface area contributed by atoms with Crippen molar-refractivity contribution in [2.24, 2.45) is 0 Å². The molecule has 3 rings (SSSR count). The van der Waals surface area contributed by atoms with E-state index in [1.807, 2.05) is 0 Å². The second-order valence-corrected chi connectivity index (χ2v) is 6.58. The van der Waals surface area contributed by atoms with Gasteiger partial charge in [0.1, 0.15) is 6.10 Å². The summed E-state index contributed by atoms with van der Waals surface area (Å²) in [5.74, 6) is 0.535. The Bertz CT molecular complexity index is 734. The van der Waals surface area contributed by atoms with Gasteiger partial charge in [-0.2, -0.15) is 4.31 Å². The normalized spacial score (nSPS) is 19.2. The van der Waals surface area contributed by atoms with Crippen LogP contribution in [-0.4, -0.2) is 59.0 Å². The minimum Gasteiger partial charge on any atom is -0.477 e. The van der Waals surface area contributed by atoms with Crippen molar-refractivity contribution >= 4 is 10.0 Å². The monoisotopic (exact) mass is 325 g/mol. The van der Waals surface area contributed by atoms with Crippen molar-refractivity contribution in [3.8, 4) is 11.8 Å². The summed E-state index contributed by atoms with van der Waals surface area (Å²) in [6.07, 6.45) is 5.87. The molecule has 22 heavy (non-hydrogen) atoms. The van der Waals surface area contributed by atoms with Crippen LogP contribution < -0.4 is 9.47 Å². The molecule has 1 N–H and O–H groups in total. The number of nitrogens with zero attached hydrogens (tertiary/aromatic N) is 4. The van der Waals surface area contributed by atoms with Crippen LogP contribution in [-0.2, 0) is 10.0 Å². The van der Waals surface area contributed by atoms with Gasteiger partial charge in [0.05, 0.1) is 26.2 Å². The van der Waals surface area contributed by atoms with Crippen molar-refractivity contribution in [2.45, 2.75) is 17.6 Å². The molecule has 1 unspecified atom stereocenters. The molecule has 3 heterocycles. The van der Waals surface area contributed by atoms with Crippen LogP contribution >= 0.6 is 0 Å². The molecule has 10 heteroatoms. The SMILES string of the molecule is COc1nccnc1OC1CCN(S(=O)(=O)c2cnc[nH]2)C1. The van der Waals surface area contributed by atoms with Crippen LogP contribution in [0.25, 0.3) is 0 Å². The smallest absolute Gasteiger partial charge is 0.278 e. The van der Waals surface area contributed by atoms with Crippen LogP contribution in [0.2, 0.25) is 0 Å². The maximum absolute atomic E-state index is 12.4. The summed E-state index contributed by atoms with van der Waals surface area (Å²) in [5, 5.41) is 0.0743. The van der Waals surface area contributed by atoms with Gasteiger partial charge >= 0.3 is 0 Å². The maximum atomic E-state index is 12.4. The highest BCUT2D eigenvalue weighted by molar-refractivity contribution is 7.89. The molecule has 0 aliphatic carbocycles. The molecule has 0 spiro atoms. The van der Waals surface area contributed by atoms with Crippen molar-refractivity contribution in [1.82, 2.24) is 24.2 Å². The van der Waals surface area contributed by atoms with Gasteiger partial charge in [-0.3, -0.25) is 0 Å². The van der Waals surface area contributed by atoms with Gasteiger partial charge in [0.25, 0.3) is 21.8 Å². The van der Waals surface area contributed by atoms with E-state index in [0.717, 1.165) is 0 Å². The highest BCUT2D eigenvalue weighted by atomic mass is 32.2. The van der Waals surface area contributed by atoms with E-state index in [0.29, 0.717) is 13.0 Å². The van der Waals surface area contributed by atoms with Crippen LogP contribution in [0.3, 0.4) is 0 Å². The van der Waals surface area contributed by atoms with Crippen LogP contribution in [0.4, 0.5) is 0 Å².